The van der Waals surface area contributed by atoms with Crippen LogP contribution in [-0.2, 0) is 16.0 Å². The summed E-state index contributed by atoms with van der Waals surface area (Å²) >= 11 is 0. The van der Waals surface area contributed by atoms with E-state index in [0.29, 0.717) is 5.56 Å². The summed E-state index contributed by atoms with van der Waals surface area (Å²) in [7, 11) is 0. The van der Waals surface area contributed by atoms with E-state index in [1.165, 1.54) is 5.32 Å². The fourth-order valence-electron chi connectivity index (χ4n) is 1.67. The van der Waals surface area contributed by atoms with Crippen LogP contribution in [0.25, 0.3) is 0 Å². The molecule has 8 heteroatoms. The average Bonchev–Trinajstić information content (AvgIpc) is 2.44. The summed E-state index contributed by atoms with van der Waals surface area (Å²) in [4.78, 5) is 21.5. The first-order chi connectivity index (χ1) is 9.75. The molecule has 0 aliphatic rings. The van der Waals surface area contributed by atoms with Gasteiger partial charge in [0, 0.05) is 6.04 Å². The predicted octanol–water partition coefficient (Wildman–Crippen LogP) is -0.247. The third-order valence-corrected chi connectivity index (χ3v) is 2.79. The van der Waals surface area contributed by atoms with Crippen molar-refractivity contribution in [3.8, 4) is 0 Å². The normalized spacial score (nSPS) is 14.3. The van der Waals surface area contributed by atoms with Crippen molar-refractivity contribution < 1.29 is 28.6 Å². The van der Waals surface area contributed by atoms with Crippen molar-refractivity contribution >= 4 is 11.9 Å². The smallest absolute Gasteiger partial charge is 0.351 e. The Morgan fingerprint density at radius 3 is 2.38 bits per heavy atom. The molecule has 21 heavy (non-hydrogen) atoms. The minimum atomic E-state index is -4.18. The zero-order valence-electron chi connectivity index (χ0n) is 11.0. The first-order valence-electron chi connectivity index (χ1n) is 6.10. The van der Waals surface area contributed by atoms with Crippen molar-refractivity contribution in [2.45, 2.75) is 24.5 Å². The van der Waals surface area contributed by atoms with Gasteiger partial charge < -0.3 is 21.3 Å². The fraction of sp³-hybridized carbons (Fsp3) is 0.385. The zero-order chi connectivity index (χ0) is 16.0. The standard InChI is InChI=1S/C13H16F2N2O4/c14-13(15,12(21)17-7-10(18)19)11(20)9(16)6-8-4-2-1-3-5-8/h1-5,9,11,20H,6-7,16H2,(H,17,21)(H,18,19). The van der Waals surface area contributed by atoms with E-state index in [2.05, 4.69) is 0 Å². The Labute approximate surface area is 119 Å². The minimum Gasteiger partial charge on any atom is -0.480 e. The number of amides is 1. The molecule has 0 fully saturated rings. The molecule has 1 aromatic carbocycles. The molecule has 0 saturated heterocycles. The van der Waals surface area contributed by atoms with Crippen LogP contribution < -0.4 is 11.1 Å². The van der Waals surface area contributed by atoms with Crippen LogP contribution in [0.3, 0.4) is 0 Å². The molecule has 2 atom stereocenters. The van der Waals surface area contributed by atoms with Crippen molar-refractivity contribution in [3.63, 3.8) is 0 Å². The van der Waals surface area contributed by atoms with Gasteiger partial charge in [-0.05, 0) is 12.0 Å². The Bertz CT molecular complexity index is 496. The second-order valence-corrected chi connectivity index (χ2v) is 4.50. The third-order valence-electron chi connectivity index (χ3n) is 2.79. The fourth-order valence-corrected chi connectivity index (χ4v) is 1.67. The van der Waals surface area contributed by atoms with Crippen LogP contribution in [-0.4, -0.2) is 46.7 Å². The molecule has 0 spiro atoms. The summed E-state index contributed by atoms with van der Waals surface area (Å²) in [5, 5.41) is 19.4. The zero-order valence-corrected chi connectivity index (χ0v) is 11.0. The molecule has 0 radical (unpaired) electrons. The molecule has 0 aliphatic carbocycles. The number of aliphatic carboxylic acids is 1. The molecule has 0 heterocycles. The molecule has 2 unspecified atom stereocenters. The lowest BCUT2D eigenvalue weighted by Gasteiger charge is -2.26. The van der Waals surface area contributed by atoms with Crippen LogP contribution in [0.15, 0.2) is 30.3 Å². The highest BCUT2D eigenvalue weighted by Gasteiger charge is 2.49. The van der Waals surface area contributed by atoms with E-state index in [1.807, 2.05) is 0 Å². The van der Waals surface area contributed by atoms with Crippen LogP contribution in [0.1, 0.15) is 5.56 Å². The van der Waals surface area contributed by atoms with Gasteiger partial charge in [-0.1, -0.05) is 30.3 Å². The highest BCUT2D eigenvalue weighted by Crippen LogP contribution is 2.22. The number of rotatable bonds is 7. The Balaban J connectivity index is 2.68. The first kappa shape index (κ1) is 17.0. The molecule has 1 aromatic rings. The molecular formula is C13H16F2N2O4. The van der Waals surface area contributed by atoms with Crippen LogP contribution in [0.2, 0.25) is 0 Å². The lowest BCUT2D eigenvalue weighted by Crippen LogP contribution is -2.56. The van der Waals surface area contributed by atoms with E-state index in [0.717, 1.165) is 0 Å². The van der Waals surface area contributed by atoms with Crippen LogP contribution in [0, 0.1) is 0 Å². The van der Waals surface area contributed by atoms with Crippen molar-refractivity contribution in [2.75, 3.05) is 6.54 Å². The van der Waals surface area contributed by atoms with E-state index >= 15 is 0 Å². The largest absolute Gasteiger partial charge is 0.480 e. The Morgan fingerprint density at radius 2 is 1.86 bits per heavy atom. The van der Waals surface area contributed by atoms with Crippen molar-refractivity contribution in [1.82, 2.24) is 5.32 Å². The average molecular weight is 302 g/mol. The van der Waals surface area contributed by atoms with Gasteiger partial charge in [-0.15, -0.1) is 0 Å². The quantitative estimate of drug-likeness (QED) is 0.555. The molecule has 0 bridgehead atoms. The maximum absolute atomic E-state index is 13.7. The molecule has 5 N–H and O–H groups in total. The predicted molar refractivity (Wildman–Crippen MR) is 69.7 cm³/mol. The third kappa shape index (κ3) is 4.76. The molecule has 116 valence electrons. The van der Waals surface area contributed by atoms with Crippen molar-refractivity contribution in [3.05, 3.63) is 35.9 Å². The molecule has 1 amide bonds. The number of hydrogen-bond donors (Lipinski definition) is 4. The summed E-state index contributed by atoms with van der Waals surface area (Å²) in [6, 6.07) is 7.03. The highest BCUT2D eigenvalue weighted by molar-refractivity contribution is 5.87. The second-order valence-electron chi connectivity index (χ2n) is 4.50. The monoisotopic (exact) mass is 302 g/mol. The second kappa shape index (κ2) is 7.09. The maximum Gasteiger partial charge on any atom is 0.351 e. The first-order valence-corrected chi connectivity index (χ1v) is 6.10. The number of nitrogens with two attached hydrogens (primary N) is 1. The number of carbonyl (C=O) groups is 2. The van der Waals surface area contributed by atoms with Gasteiger partial charge in [0.1, 0.15) is 12.6 Å². The number of hydrogen-bond acceptors (Lipinski definition) is 4. The number of alkyl halides is 2. The molecule has 0 saturated carbocycles. The Morgan fingerprint density at radius 1 is 1.29 bits per heavy atom. The summed E-state index contributed by atoms with van der Waals surface area (Å²) in [5.74, 6) is -7.52. The number of aliphatic hydroxyl groups is 1. The summed E-state index contributed by atoms with van der Waals surface area (Å²) in [5.41, 5.74) is 6.13. The Kier molecular flexibility index (Phi) is 5.74. The number of carboxylic acids is 1. The molecule has 0 aromatic heterocycles. The molecule has 0 aliphatic heterocycles. The van der Waals surface area contributed by atoms with E-state index < -0.39 is 36.5 Å². The van der Waals surface area contributed by atoms with Gasteiger partial charge in [-0.25, -0.2) is 0 Å². The number of benzene rings is 1. The molecule has 1 rings (SSSR count). The van der Waals surface area contributed by atoms with E-state index in [1.54, 1.807) is 30.3 Å². The van der Waals surface area contributed by atoms with Crippen LogP contribution in [0.5, 0.6) is 0 Å². The van der Waals surface area contributed by atoms with Gasteiger partial charge in [-0.3, -0.25) is 9.59 Å². The Hall–Kier alpha value is -2.06. The van der Waals surface area contributed by atoms with Gasteiger partial charge in [0.05, 0.1) is 0 Å². The lowest BCUT2D eigenvalue weighted by molar-refractivity contribution is -0.166. The summed E-state index contributed by atoms with van der Waals surface area (Å²) in [6.45, 7) is -0.963. The number of carboxylic acid groups (broad SMARTS) is 1. The van der Waals surface area contributed by atoms with Crippen LogP contribution >= 0.6 is 0 Å². The molecular weight excluding hydrogens is 286 g/mol. The van der Waals surface area contributed by atoms with E-state index in [4.69, 9.17) is 10.8 Å². The van der Waals surface area contributed by atoms with Gasteiger partial charge in [0.25, 0.3) is 5.91 Å². The summed E-state index contributed by atoms with van der Waals surface area (Å²) < 4.78 is 27.4. The summed E-state index contributed by atoms with van der Waals surface area (Å²) in [6.07, 6.45) is -2.48. The SMILES string of the molecule is NC(Cc1ccccc1)C(O)C(F)(F)C(=O)NCC(=O)O. The van der Waals surface area contributed by atoms with E-state index in [9.17, 15) is 23.5 Å². The molecule has 6 nitrogen and oxygen atoms in total. The van der Waals surface area contributed by atoms with Gasteiger partial charge >= 0.3 is 11.9 Å². The van der Waals surface area contributed by atoms with Crippen molar-refractivity contribution in [1.29, 1.82) is 0 Å². The minimum absolute atomic E-state index is 0.0518. The van der Waals surface area contributed by atoms with Crippen LogP contribution in [0.4, 0.5) is 8.78 Å². The maximum atomic E-state index is 13.7. The lowest BCUT2D eigenvalue weighted by atomic mass is 9.97. The number of aliphatic hydroxyl groups excluding tert-OH is 1. The van der Waals surface area contributed by atoms with E-state index in [-0.39, 0.29) is 6.42 Å². The van der Waals surface area contributed by atoms with Crippen molar-refractivity contribution in [2.24, 2.45) is 5.73 Å². The topological polar surface area (TPSA) is 113 Å². The van der Waals surface area contributed by atoms with Gasteiger partial charge in [0.15, 0.2) is 0 Å². The number of nitrogens with one attached hydrogen (secondary N) is 1. The highest BCUT2D eigenvalue weighted by atomic mass is 19.3. The number of carbonyl (C=O) groups excluding carboxylic acids is 1. The van der Waals surface area contributed by atoms with Gasteiger partial charge in [0.2, 0.25) is 0 Å². The number of halogens is 2. The van der Waals surface area contributed by atoms with Gasteiger partial charge in [-0.2, -0.15) is 8.78 Å².